The van der Waals surface area contributed by atoms with Crippen LogP contribution in [0.3, 0.4) is 0 Å². The summed E-state index contributed by atoms with van der Waals surface area (Å²) in [5, 5.41) is 1.60. The minimum atomic E-state index is -0.0505. The summed E-state index contributed by atoms with van der Waals surface area (Å²) in [6.07, 6.45) is 1.78. The average Bonchev–Trinajstić information content (AvgIpc) is 3.52. The number of piperidine rings is 1. The Morgan fingerprint density at radius 3 is 2.29 bits per heavy atom. The number of rotatable bonds is 3. The predicted octanol–water partition coefficient (Wildman–Crippen LogP) is 2.32. The van der Waals surface area contributed by atoms with Gasteiger partial charge in [0.2, 0.25) is 0 Å². The first-order chi connectivity index (χ1) is 16.5. The molecule has 4 heterocycles. The highest BCUT2D eigenvalue weighted by molar-refractivity contribution is 6.31. The molecule has 10 heteroatoms. The maximum Gasteiger partial charge on any atom is 0.270 e. The molecule has 6 rings (SSSR count). The summed E-state index contributed by atoms with van der Waals surface area (Å²) in [6, 6.07) is 15.1. The number of carbonyl (C=O) groups excluding carboxylic acids is 2. The fraction of sp³-hybridized carbons (Fsp3) is 0.333. The average molecular weight is 480 g/mol. The Morgan fingerprint density at radius 1 is 0.882 bits per heavy atom. The lowest BCUT2D eigenvalue weighted by atomic mass is 9.72. The molecule has 1 spiro atoms. The van der Waals surface area contributed by atoms with Crippen molar-refractivity contribution in [2.75, 3.05) is 26.2 Å². The maximum absolute atomic E-state index is 13.0. The van der Waals surface area contributed by atoms with Gasteiger partial charge in [0.25, 0.3) is 11.8 Å². The van der Waals surface area contributed by atoms with E-state index in [-0.39, 0.29) is 23.4 Å². The van der Waals surface area contributed by atoms with E-state index in [2.05, 4.69) is 26.9 Å². The maximum atomic E-state index is 13.0. The van der Waals surface area contributed by atoms with Gasteiger partial charge in [0.1, 0.15) is 11.9 Å². The highest BCUT2D eigenvalue weighted by Crippen LogP contribution is 2.41. The van der Waals surface area contributed by atoms with Gasteiger partial charge in [-0.1, -0.05) is 23.7 Å². The van der Waals surface area contributed by atoms with Gasteiger partial charge in [-0.3, -0.25) is 9.59 Å². The third-order valence-electron chi connectivity index (χ3n) is 7.25. The number of H-pyrrole nitrogens is 1. The minimum Gasteiger partial charge on any atom is -0.351 e. The van der Waals surface area contributed by atoms with E-state index in [9.17, 15) is 9.59 Å². The highest BCUT2D eigenvalue weighted by atomic mass is 35.5. The van der Waals surface area contributed by atoms with Crippen LogP contribution in [0.25, 0.3) is 10.9 Å². The Kier molecular flexibility index (Phi) is 5.31. The molecule has 0 aliphatic carbocycles. The molecule has 5 N–H and O–H groups in total. The second-order valence-electron chi connectivity index (χ2n) is 9.46. The van der Waals surface area contributed by atoms with Crippen molar-refractivity contribution in [3.63, 3.8) is 0 Å². The molecule has 3 aliphatic rings. The molecule has 1 aromatic heterocycles. The van der Waals surface area contributed by atoms with Crippen LogP contribution in [-0.4, -0.2) is 52.8 Å². The number of aromatic amines is 1. The molecule has 0 radical (unpaired) electrons. The number of halogens is 1. The van der Waals surface area contributed by atoms with Crippen LogP contribution in [0.2, 0.25) is 5.02 Å². The van der Waals surface area contributed by atoms with Crippen LogP contribution in [0.4, 0.5) is 0 Å². The Bertz CT molecular complexity index is 1240. The molecule has 3 fully saturated rings. The second kappa shape index (κ2) is 8.37. The normalized spacial score (nSPS) is 20.1. The number of nitrogens with zero attached hydrogens (tertiary/aromatic N) is 2. The van der Waals surface area contributed by atoms with Crippen molar-refractivity contribution in [3.8, 4) is 0 Å². The monoisotopic (exact) mass is 479 g/mol. The molecule has 0 unspecified atom stereocenters. The van der Waals surface area contributed by atoms with Gasteiger partial charge in [0, 0.05) is 53.1 Å². The number of amides is 2. The number of hydrazine groups is 3. The summed E-state index contributed by atoms with van der Waals surface area (Å²) in [5.41, 5.74) is 15.0. The SMILES string of the molecule is O=C(c1ccc(C2NNNN2)cc1)N1CCC2(CC1)CN(C(=O)c1cc3cc(Cl)ccc3[nH]1)C2. The highest BCUT2D eigenvalue weighted by Gasteiger charge is 2.47. The number of benzene rings is 2. The first-order valence-electron chi connectivity index (χ1n) is 11.5. The van der Waals surface area contributed by atoms with Gasteiger partial charge >= 0.3 is 0 Å². The van der Waals surface area contributed by atoms with Gasteiger partial charge in [0.15, 0.2) is 0 Å². The number of nitrogens with one attached hydrogen (secondary N) is 5. The van der Waals surface area contributed by atoms with E-state index in [1.54, 1.807) is 0 Å². The van der Waals surface area contributed by atoms with Gasteiger partial charge in [0.05, 0.1) is 0 Å². The Labute approximate surface area is 201 Å². The van der Waals surface area contributed by atoms with Gasteiger partial charge in [-0.05, 0) is 54.8 Å². The summed E-state index contributed by atoms with van der Waals surface area (Å²) in [7, 11) is 0. The quantitative estimate of drug-likeness (QED) is 0.395. The largest absolute Gasteiger partial charge is 0.351 e. The van der Waals surface area contributed by atoms with Crippen LogP contribution in [0.15, 0.2) is 48.5 Å². The summed E-state index contributed by atoms with van der Waals surface area (Å²) in [4.78, 5) is 33.0. The van der Waals surface area contributed by atoms with Crippen LogP contribution in [0.5, 0.6) is 0 Å². The van der Waals surface area contributed by atoms with Gasteiger partial charge < -0.3 is 14.8 Å². The Hall–Kier alpha value is -2.95. The molecule has 176 valence electrons. The van der Waals surface area contributed by atoms with Gasteiger partial charge in [-0.25, -0.2) is 10.9 Å². The van der Waals surface area contributed by atoms with Crippen molar-refractivity contribution >= 4 is 34.3 Å². The van der Waals surface area contributed by atoms with Crippen molar-refractivity contribution in [2.45, 2.75) is 19.0 Å². The van der Waals surface area contributed by atoms with Crippen LogP contribution < -0.4 is 21.9 Å². The van der Waals surface area contributed by atoms with E-state index in [0.717, 1.165) is 42.4 Å². The van der Waals surface area contributed by atoms with Crippen LogP contribution in [0.1, 0.15) is 45.4 Å². The third kappa shape index (κ3) is 3.85. The van der Waals surface area contributed by atoms with Gasteiger partial charge in [-0.15, -0.1) is 0 Å². The van der Waals surface area contributed by atoms with Crippen molar-refractivity contribution in [3.05, 3.63) is 70.4 Å². The molecule has 0 atom stereocenters. The van der Waals surface area contributed by atoms with Crippen LogP contribution >= 0.6 is 11.6 Å². The second-order valence-corrected chi connectivity index (χ2v) is 9.90. The van der Waals surface area contributed by atoms with E-state index in [4.69, 9.17) is 11.6 Å². The number of likely N-dealkylation sites (tertiary alicyclic amines) is 2. The standard InChI is InChI=1S/C24H26ClN7O2/c25-18-5-6-19-17(11-18)12-20(26-19)23(34)32-13-24(14-32)7-9-31(10-8-24)22(33)16-3-1-15(2-4-16)21-27-29-30-28-21/h1-6,11-12,21,26-30H,7-10,13-14H2. The fourth-order valence-corrected chi connectivity index (χ4v) is 5.40. The number of aromatic nitrogens is 1. The van der Waals surface area contributed by atoms with E-state index < -0.39 is 0 Å². The molecule has 9 nitrogen and oxygen atoms in total. The lowest BCUT2D eigenvalue weighted by Crippen LogP contribution is -2.62. The smallest absolute Gasteiger partial charge is 0.270 e. The summed E-state index contributed by atoms with van der Waals surface area (Å²) >= 11 is 6.07. The van der Waals surface area contributed by atoms with Crippen molar-refractivity contribution in [1.29, 1.82) is 0 Å². The van der Waals surface area contributed by atoms with Crippen molar-refractivity contribution in [2.24, 2.45) is 5.41 Å². The fourth-order valence-electron chi connectivity index (χ4n) is 5.22. The molecular formula is C24H26ClN7O2. The first-order valence-corrected chi connectivity index (χ1v) is 11.9. The van der Waals surface area contributed by atoms with E-state index >= 15 is 0 Å². The van der Waals surface area contributed by atoms with E-state index in [0.29, 0.717) is 29.4 Å². The molecule has 0 bridgehead atoms. The zero-order valence-electron chi connectivity index (χ0n) is 18.5. The number of hydrogen-bond acceptors (Lipinski definition) is 6. The molecular weight excluding hydrogens is 454 g/mol. The number of hydrogen-bond donors (Lipinski definition) is 5. The van der Waals surface area contributed by atoms with Gasteiger partial charge in [-0.2, -0.15) is 11.1 Å². The van der Waals surface area contributed by atoms with E-state index in [1.807, 2.05) is 58.3 Å². The Balaban J connectivity index is 1.04. The molecule has 3 aromatic rings. The van der Waals surface area contributed by atoms with Crippen LogP contribution in [0, 0.1) is 5.41 Å². The summed E-state index contributed by atoms with van der Waals surface area (Å²) in [5.74, 6) is 0.0853. The summed E-state index contributed by atoms with van der Waals surface area (Å²) in [6.45, 7) is 2.91. The number of fused-ring (bicyclic) bond motifs is 1. The minimum absolute atomic E-state index is 0.0215. The topological polar surface area (TPSA) is 105 Å². The first kappa shape index (κ1) is 21.6. The molecule has 3 saturated heterocycles. The Morgan fingerprint density at radius 2 is 1.59 bits per heavy atom. The zero-order chi connectivity index (χ0) is 23.3. The molecule has 34 heavy (non-hydrogen) atoms. The van der Waals surface area contributed by atoms with Crippen molar-refractivity contribution in [1.82, 2.24) is 36.7 Å². The summed E-state index contributed by atoms with van der Waals surface area (Å²) < 4.78 is 0. The van der Waals surface area contributed by atoms with E-state index in [1.165, 1.54) is 0 Å². The van der Waals surface area contributed by atoms with Crippen molar-refractivity contribution < 1.29 is 9.59 Å². The van der Waals surface area contributed by atoms with Crippen LogP contribution in [-0.2, 0) is 0 Å². The zero-order valence-corrected chi connectivity index (χ0v) is 19.3. The lowest BCUT2D eigenvalue weighted by Gasteiger charge is -2.53. The molecule has 0 saturated carbocycles. The third-order valence-corrected chi connectivity index (χ3v) is 7.49. The molecule has 3 aliphatic heterocycles. The lowest BCUT2D eigenvalue weighted by molar-refractivity contribution is -0.0290. The molecule has 2 aromatic carbocycles. The molecule has 2 amide bonds. The predicted molar refractivity (Wildman–Crippen MR) is 129 cm³/mol. The number of carbonyl (C=O) groups is 2.